The van der Waals surface area contributed by atoms with Crippen LogP contribution in [0.25, 0.3) is 10.8 Å². The van der Waals surface area contributed by atoms with Gasteiger partial charge in [-0.25, -0.2) is 5.43 Å². The first-order valence-corrected chi connectivity index (χ1v) is 10.2. The van der Waals surface area contributed by atoms with Crippen molar-refractivity contribution in [1.29, 1.82) is 0 Å². The Kier molecular flexibility index (Phi) is 6.51. The van der Waals surface area contributed by atoms with Crippen molar-refractivity contribution in [2.24, 2.45) is 5.10 Å². The van der Waals surface area contributed by atoms with Gasteiger partial charge >= 0.3 is 11.8 Å². The number of rotatable bonds is 5. The van der Waals surface area contributed by atoms with Crippen molar-refractivity contribution in [2.45, 2.75) is 0 Å². The number of hydrogen-bond donors (Lipinski definition) is 3. The zero-order valence-corrected chi connectivity index (χ0v) is 17.5. The fraction of sp³-hybridized carbons (Fsp3) is 0. The van der Waals surface area contributed by atoms with Gasteiger partial charge in [0, 0.05) is 11.3 Å². The lowest BCUT2D eigenvalue weighted by Crippen LogP contribution is -2.33. The number of para-hydroxylation sites is 2. The average molecular weight is 436 g/mol. The van der Waals surface area contributed by atoms with Crippen molar-refractivity contribution in [3.8, 4) is 0 Å². The molecule has 33 heavy (non-hydrogen) atoms. The van der Waals surface area contributed by atoms with E-state index in [1.54, 1.807) is 48.5 Å². The second-order valence-corrected chi connectivity index (χ2v) is 7.09. The second kappa shape index (κ2) is 10.0. The van der Waals surface area contributed by atoms with E-state index in [0.717, 1.165) is 16.3 Å². The predicted octanol–water partition coefficient (Wildman–Crippen LogP) is 4.18. The molecule has 4 aromatic carbocycles. The van der Waals surface area contributed by atoms with Crippen LogP contribution >= 0.6 is 0 Å². The molecule has 162 valence electrons. The quantitative estimate of drug-likeness (QED) is 0.249. The highest BCUT2D eigenvalue weighted by Gasteiger charge is 2.17. The molecule has 0 radical (unpaired) electrons. The van der Waals surface area contributed by atoms with Crippen LogP contribution in [0.1, 0.15) is 15.9 Å². The van der Waals surface area contributed by atoms with Crippen LogP contribution in [0.3, 0.4) is 0 Å². The van der Waals surface area contributed by atoms with Crippen LogP contribution in [-0.4, -0.2) is 23.9 Å². The molecule has 0 fully saturated rings. The van der Waals surface area contributed by atoms with Crippen molar-refractivity contribution >= 4 is 46.1 Å². The maximum atomic E-state index is 12.6. The fourth-order valence-corrected chi connectivity index (χ4v) is 3.26. The number of anilines is 2. The Morgan fingerprint density at radius 2 is 1.36 bits per heavy atom. The largest absolute Gasteiger partial charge is 0.329 e. The maximum absolute atomic E-state index is 12.6. The van der Waals surface area contributed by atoms with E-state index in [4.69, 9.17) is 0 Å². The van der Waals surface area contributed by atoms with Crippen LogP contribution in [0.15, 0.2) is 102 Å². The molecule has 0 aliphatic carbocycles. The number of nitrogens with one attached hydrogen (secondary N) is 3. The number of carbonyl (C=O) groups excluding carboxylic acids is 3. The predicted molar refractivity (Wildman–Crippen MR) is 129 cm³/mol. The van der Waals surface area contributed by atoms with Gasteiger partial charge in [0.2, 0.25) is 0 Å². The first kappa shape index (κ1) is 21.5. The molecule has 0 spiro atoms. The van der Waals surface area contributed by atoms with E-state index >= 15 is 0 Å². The minimum Gasteiger partial charge on any atom is -0.322 e. The zero-order valence-electron chi connectivity index (χ0n) is 17.5. The number of amides is 3. The molecule has 4 rings (SSSR count). The summed E-state index contributed by atoms with van der Waals surface area (Å²) in [5.74, 6) is -2.30. The van der Waals surface area contributed by atoms with E-state index in [2.05, 4.69) is 21.2 Å². The van der Waals surface area contributed by atoms with Crippen LogP contribution in [0.4, 0.5) is 11.4 Å². The van der Waals surface area contributed by atoms with Gasteiger partial charge in [-0.05, 0) is 35.0 Å². The third-order valence-corrected chi connectivity index (χ3v) is 4.85. The van der Waals surface area contributed by atoms with Gasteiger partial charge in [0.05, 0.1) is 17.5 Å². The summed E-state index contributed by atoms with van der Waals surface area (Å²) in [4.78, 5) is 37.2. The second-order valence-electron chi connectivity index (χ2n) is 7.09. The summed E-state index contributed by atoms with van der Waals surface area (Å²) >= 11 is 0. The molecule has 4 aromatic rings. The van der Waals surface area contributed by atoms with Crippen LogP contribution in [0, 0.1) is 0 Å². The Morgan fingerprint density at radius 3 is 2.21 bits per heavy atom. The smallest absolute Gasteiger partial charge is 0.322 e. The number of carbonyl (C=O) groups is 3. The highest BCUT2D eigenvalue weighted by Crippen LogP contribution is 2.18. The minimum atomic E-state index is -0.954. The van der Waals surface area contributed by atoms with Crippen molar-refractivity contribution in [1.82, 2.24) is 5.43 Å². The Balaban J connectivity index is 1.41. The number of benzene rings is 4. The van der Waals surface area contributed by atoms with Gasteiger partial charge in [0.15, 0.2) is 0 Å². The van der Waals surface area contributed by atoms with Crippen LogP contribution in [0.2, 0.25) is 0 Å². The number of hydrogen-bond acceptors (Lipinski definition) is 4. The van der Waals surface area contributed by atoms with Crippen molar-refractivity contribution in [2.75, 3.05) is 10.6 Å². The fourth-order valence-electron chi connectivity index (χ4n) is 3.26. The number of nitrogens with zero attached hydrogens (tertiary/aromatic N) is 1. The molecular weight excluding hydrogens is 416 g/mol. The van der Waals surface area contributed by atoms with Crippen molar-refractivity contribution in [3.63, 3.8) is 0 Å². The minimum absolute atomic E-state index is 0.212. The van der Waals surface area contributed by atoms with Gasteiger partial charge < -0.3 is 10.6 Å². The molecule has 7 nitrogen and oxygen atoms in total. The zero-order chi connectivity index (χ0) is 23.0. The highest BCUT2D eigenvalue weighted by atomic mass is 16.2. The molecule has 0 atom stereocenters. The van der Waals surface area contributed by atoms with E-state index in [-0.39, 0.29) is 11.3 Å². The van der Waals surface area contributed by atoms with E-state index in [0.29, 0.717) is 5.69 Å². The highest BCUT2D eigenvalue weighted by molar-refractivity contribution is 6.40. The van der Waals surface area contributed by atoms with Gasteiger partial charge in [-0.1, -0.05) is 72.8 Å². The topological polar surface area (TPSA) is 99.7 Å². The summed E-state index contributed by atoms with van der Waals surface area (Å²) in [5, 5.41) is 11.1. The lowest BCUT2D eigenvalue weighted by molar-refractivity contribution is -0.136. The normalized spacial score (nSPS) is 10.7. The van der Waals surface area contributed by atoms with Gasteiger partial charge in [-0.15, -0.1) is 0 Å². The molecule has 0 bridgehead atoms. The summed E-state index contributed by atoms with van der Waals surface area (Å²) in [5.41, 5.74) is 4.08. The average Bonchev–Trinajstić information content (AvgIpc) is 2.85. The molecular formula is C26H20N4O3. The molecule has 0 aromatic heterocycles. The Hall–Kier alpha value is -4.78. The van der Waals surface area contributed by atoms with Crippen LogP contribution in [-0.2, 0) is 9.59 Å². The van der Waals surface area contributed by atoms with E-state index in [9.17, 15) is 14.4 Å². The molecule has 3 N–H and O–H groups in total. The van der Waals surface area contributed by atoms with E-state index in [1.807, 2.05) is 48.5 Å². The lowest BCUT2D eigenvalue weighted by Gasteiger charge is -2.11. The number of fused-ring (bicyclic) bond motifs is 1. The molecule has 0 aliphatic heterocycles. The first-order valence-electron chi connectivity index (χ1n) is 10.2. The van der Waals surface area contributed by atoms with Gasteiger partial charge in [0.1, 0.15) is 0 Å². The summed E-state index contributed by atoms with van der Waals surface area (Å²) in [7, 11) is 0. The molecule has 0 heterocycles. The molecule has 0 aliphatic rings. The Labute approximate surface area is 190 Å². The lowest BCUT2D eigenvalue weighted by atomic mass is 10.1. The summed E-state index contributed by atoms with van der Waals surface area (Å²) < 4.78 is 0. The summed E-state index contributed by atoms with van der Waals surface area (Å²) in [6.07, 6.45) is 1.48. The van der Waals surface area contributed by atoms with E-state index < -0.39 is 17.7 Å². The molecule has 0 unspecified atom stereocenters. The Bertz CT molecular complexity index is 1340. The third-order valence-electron chi connectivity index (χ3n) is 4.85. The van der Waals surface area contributed by atoms with Crippen molar-refractivity contribution in [3.05, 3.63) is 108 Å². The van der Waals surface area contributed by atoms with E-state index in [1.165, 1.54) is 6.21 Å². The standard InChI is InChI=1S/C26H20N4O3/c31-24(28-20-12-2-1-3-13-20)22-15-6-7-16-23(22)29-25(32)26(33)30-27-17-19-11-8-10-18-9-4-5-14-21(18)19/h1-17H,(H,28,31)(H,29,32)(H,30,33). The van der Waals surface area contributed by atoms with Crippen LogP contribution in [0.5, 0.6) is 0 Å². The third kappa shape index (κ3) is 5.29. The van der Waals surface area contributed by atoms with Crippen LogP contribution < -0.4 is 16.1 Å². The number of hydrazone groups is 1. The Morgan fingerprint density at radius 1 is 0.667 bits per heavy atom. The monoisotopic (exact) mass is 436 g/mol. The maximum Gasteiger partial charge on any atom is 0.329 e. The van der Waals surface area contributed by atoms with Gasteiger partial charge in [0.25, 0.3) is 5.91 Å². The molecule has 3 amide bonds. The SMILES string of the molecule is O=C(NN=Cc1cccc2ccccc12)C(=O)Nc1ccccc1C(=O)Nc1ccccc1. The van der Waals surface area contributed by atoms with Crippen molar-refractivity contribution < 1.29 is 14.4 Å². The van der Waals surface area contributed by atoms with Gasteiger partial charge in [-0.2, -0.15) is 5.10 Å². The summed E-state index contributed by atoms with van der Waals surface area (Å²) in [6.45, 7) is 0. The molecule has 7 heteroatoms. The molecule has 0 saturated carbocycles. The molecule has 0 saturated heterocycles. The first-order chi connectivity index (χ1) is 16.1. The van der Waals surface area contributed by atoms with Gasteiger partial charge in [-0.3, -0.25) is 14.4 Å². The summed E-state index contributed by atoms with van der Waals surface area (Å²) in [6, 6.07) is 28.9.